The number of aromatic nitrogens is 3. The van der Waals surface area contributed by atoms with Crippen LogP contribution in [0, 0.1) is 0 Å². The Bertz CT molecular complexity index is 3360. The SMILES string of the molecule is c1ccc(-n2c3ccccc3c3cc(-n4c5ccccc5c5c6oc7ccc(-n8c9ccccc9c9ccccc98)cc7c6ccc54)ccc32)cc1. The van der Waals surface area contributed by atoms with Gasteiger partial charge in [0, 0.05) is 54.8 Å². The van der Waals surface area contributed by atoms with E-state index in [9.17, 15) is 0 Å². The highest BCUT2D eigenvalue weighted by Gasteiger charge is 2.21. The van der Waals surface area contributed by atoms with Gasteiger partial charge in [-0.25, -0.2) is 0 Å². The van der Waals surface area contributed by atoms with E-state index in [2.05, 4.69) is 190 Å². The summed E-state index contributed by atoms with van der Waals surface area (Å²) < 4.78 is 14.0. The van der Waals surface area contributed by atoms with Crippen LogP contribution < -0.4 is 0 Å². The van der Waals surface area contributed by atoms with Gasteiger partial charge in [0.1, 0.15) is 11.2 Å². The Morgan fingerprint density at radius 2 is 0.750 bits per heavy atom. The van der Waals surface area contributed by atoms with Crippen LogP contribution in [0.1, 0.15) is 0 Å². The summed E-state index contributed by atoms with van der Waals surface area (Å²) >= 11 is 0. The normalized spacial score (nSPS) is 12.2. The number of furan rings is 1. The van der Waals surface area contributed by atoms with E-state index < -0.39 is 0 Å². The van der Waals surface area contributed by atoms with Gasteiger partial charge in [0.15, 0.2) is 0 Å². The fourth-order valence-corrected chi connectivity index (χ4v) is 8.85. The van der Waals surface area contributed by atoms with Gasteiger partial charge < -0.3 is 18.1 Å². The zero-order valence-corrected chi connectivity index (χ0v) is 28.0. The van der Waals surface area contributed by atoms with Gasteiger partial charge in [0.05, 0.1) is 38.5 Å². The molecule has 4 heterocycles. The fraction of sp³-hybridized carbons (Fsp3) is 0. The second-order valence-corrected chi connectivity index (χ2v) is 13.7. The van der Waals surface area contributed by atoms with Gasteiger partial charge >= 0.3 is 0 Å². The molecule has 0 saturated heterocycles. The molecular formula is C48H29N3O. The monoisotopic (exact) mass is 663 g/mol. The number of nitrogens with zero attached hydrogens (tertiary/aromatic N) is 3. The molecule has 12 aromatic rings. The summed E-state index contributed by atoms with van der Waals surface area (Å²) in [5.41, 5.74) is 12.3. The number of hydrogen-bond acceptors (Lipinski definition) is 1. The maximum Gasteiger partial charge on any atom is 0.145 e. The Hall–Kier alpha value is -7.04. The van der Waals surface area contributed by atoms with Crippen LogP contribution >= 0.6 is 0 Å². The van der Waals surface area contributed by atoms with Gasteiger partial charge in [-0.1, -0.05) is 91.0 Å². The summed E-state index contributed by atoms with van der Waals surface area (Å²) in [6.07, 6.45) is 0. The van der Waals surface area contributed by atoms with E-state index in [0.717, 1.165) is 55.4 Å². The van der Waals surface area contributed by atoms with Crippen LogP contribution in [0.4, 0.5) is 0 Å². The molecule has 4 nitrogen and oxygen atoms in total. The summed E-state index contributed by atoms with van der Waals surface area (Å²) in [4.78, 5) is 0. The van der Waals surface area contributed by atoms with Crippen LogP contribution in [0.25, 0.3) is 104 Å². The Morgan fingerprint density at radius 3 is 1.42 bits per heavy atom. The van der Waals surface area contributed by atoms with Crippen LogP contribution in [0.2, 0.25) is 0 Å². The molecule has 0 N–H and O–H groups in total. The molecule has 0 aliphatic carbocycles. The quantitative estimate of drug-likeness (QED) is 0.185. The van der Waals surface area contributed by atoms with Crippen LogP contribution in [0.3, 0.4) is 0 Å². The highest BCUT2D eigenvalue weighted by atomic mass is 16.3. The van der Waals surface area contributed by atoms with Gasteiger partial charge in [-0.05, 0) is 84.9 Å². The number of fused-ring (bicyclic) bond motifs is 13. The smallest absolute Gasteiger partial charge is 0.145 e. The van der Waals surface area contributed by atoms with Crippen molar-refractivity contribution in [1.29, 1.82) is 0 Å². The number of rotatable bonds is 3. The molecule has 8 aromatic carbocycles. The minimum absolute atomic E-state index is 0.888. The first-order chi connectivity index (χ1) is 25.8. The molecule has 0 amide bonds. The van der Waals surface area contributed by atoms with Gasteiger partial charge in [-0.2, -0.15) is 0 Å². The van der Waals surface area contributed by atoms with E-state index >= 15 is 0 Å². The molecule has 4 heteroatoms. The van der Waals surface area contributed by atoms with E-state index in [-0.39, 0.29) is 0 Å². The zero-order chi connectivity index (χ0) is 33.9. The van der Waals surface area contributed by atoms with E-state index in [1.54, 1.807) is 0 Å². The molecular weight excluding hydrogens is 635 g/mol. The van der Waals surface area contributed by atoms with Crippen LogP contribution in [-0.2, 0) is 0 Å². The van der Waals surface area contributed by atoms with Crippen molar-refractivity contribution in [2.24, 2.45) is 0 Å². The van der Waals surface area contributed by atoms with Crippen LogP contribution in [0.15, 0.2) is 180 Å². The van der Waals surface area contributed by atoms with Gasteiger partial charge in [-0.15, -0.1) is 0 Å². The van der Waals surface area contributed by atoms with Crippen molar-refractivity contribution < 1.29 is 4.42 Å². The van der Waals surface area contributed by atoms with Crippen molar-refractivity contribution in [3.8, 4) is 17.1 Å². The van der Waals surface area contributed by atoms with Crippen molar-refractivity contribution in [2.75, 3.05) is 0 Å². The van der Waals surface area contributed by atoms with E-state index in [4.69, 9.17) is 4.42 Å². The molecule has 0 spiro atoms. The predicted octanol–water partition coefficient (Wildman–Crippen LogP) is 12.9. The third kappa shape index (κ3) is 3.65. The molecule has 0 aliphatic rings. The lowest BCUT2D eigenvalue weighted by atomic mass is 10.1. The summed E-state index contributed by atoms with van der Waals surface area (Å²) in [6.45, 7) is 0. The van der Waals surface area contributed by atoms with Crippen molar-refractivity contribution in [2.45, 2.75) is 0 Å². The molecule has 242 valence electrons. The van der Waals surface area contributed by atoms with E-state index in [0.29, 0.717) is 0 Å². The van der Waals surface area contributed by atoms with Gasteiger partial charge in [0.25, 0.3) is 0 Å². The number of hydrogen-bond donors (Lipinski definition) is 0. The third-order valence-electron chi connectivity index (χ3n) is 11.0. The first kappa shape index (κ1) is 27.7. The molecule has 52 heavy (non-hydrogen) atoms. The maximum absolute atomic E-state index is 6.82. The summed E-state index contributed by atoms with van der Waals surface area (Å²) in [5.74, 6) is 0. The summed E-state index contributed by atoms with van der Waals surface area (Å²) in [6, 6.07) is 63.4. The van der Waals surface area contributed by atoms with Crippen molar-refractivity contribution in [1.82, 2.24) is 13.7 Å². The molecule has 0 saturated carbocycles. The van der Waals surface area contributed by atoms with Crippen molar-refractivity contribution in [3.05, 3.63) is 176 Å². The van der Waals surface area contributed by atoms with Crippen LogP contribution in [0.5, 0.6) is 0 Å². The van der Waals surface area contributed by atoms with Gasteiger partial charge in [0.2, 0.25) is 0 Å². The number of para-hydroxylation sites is 5. The fourth-order valence-electron chi connectivity index (χ4n) is 8.85. The topological polar surface area (TPSA) is 27.9 Å². The lowest BCUT2D eigenvalue weighted by Gasteiger charge is -2.10. The highest BCUT2D eigenvalue weighted by molar-refractivity contribution is 6.24. The first-order valence-electron chi connectivity index (χ1n) is 17.8. The average molecular weight is 664 g/mol. The van der Waals surface area contributed by atoms with Gasteiger partial charge in [-0.3, -0.25) is 0 Å². The lowest BCUT2D eigenvalue weighted by molar-refractivity contribution is 0.673. The summed E-state index contributed by atoms with van der Waals surface area (Å²) in [5, 5.41) is 9.52. The minimum Gasteiger partial charge on any atom is -0.455 e. The Kier molecular flexibility index (Phi) is 5.47. The highest BCUT2D eigenvalue weighted by Crippen LogP contribution is 2.43. The molecule has 4 aromatic heterocycles. The Morgan fingerprint density at radius 1 is 0.288 bits per heavy atom. The predicted molar refractivity (Wildman–Crippen MR) is 217 cm³/mol. The third-order valence-corrected chi connectivity index (χ3v) is 11.0. The lowest BCUT2D eigenvalue weighted by Crippen LogP contribution is -1.95. The summed E-state index contributed by atoms with van der Waals surface area (Å²) in [7, 11) is 0. The number of benzene rings is 8. The molecule has 0 unspecified atom stereocenters. The maximum atomic E-state index is 6.82. The Balaban J connectivity index is 1.10. The standard InChI is InChI=1S/C48H29N3O/c1-2-12-30(13-3-1)49-42-20-10-6-16-35(42)38-28-31(22-25-44(38)49)51-43-21-11-7-17-37(43)47-45(51)26-24-36-39-29-32(23-27-46(39)52-48(36)47)50-40-18-8-4-14-33(40)34-15-5-9-19-41(34)50/h1-29H. The second-order valence-electron chi connectivity index (χ2n) is 13.7. The molecule has 0 radical (unpaired) electrons. The second kappa shape index (κ2) is 10.3. The largest absolute Gasteiger partial charge is 0.455 e. The molecule has 0 bridgehead atoms. The molecule has 12 rings (SSSR count). The molecule has 0 atom stereocenters. The minimum atomic E-state index is 0.888. The average Bonchev–Trinajstić information content (AvgIpc) is 3.94. The molecule has 0 aliphatic heterocycles. The van der Waals surface area contributed by atoms with E-state index in [1.165, 1.54) is 49.0 Å². The van der Waals surface area contributed by atoms with E-state index in [1.807, 2.05) is 0 Å². The van der Waals surface area contributed by atoms with Crippen LogP contribution in [-0.4, -0.2) is 13.7 Å². The first-order valence-corrected chi connectivity index (χ1v) is 17.8. The van der Waals surface area contributed by atoms with Crippen molar-refractivity contribution in [3.63, 3.8) is 0 Å². The van der Waals surface area contributed by atoms with Crippen molar-refractivity contribution >= 4 is 87.4 Å². The zero-order valence-electron chi connectivity index (χ0n) is 28.0. The Labute approximate surface area is 297 Å². The molecule has 0 fully saturated rings.